The Kier molecular flexibility index (Phi) is 5.81. The molecule has 0 aromatic heterocycles. The number of allylic oxidation sites excluding steroid dienone is 2. The maximum atomic E-state index is 12.0. The van der Waals surface area contributed by atoms with E-state index in [1.165, 1.54) is 6.92 Å². The second-order valence-electron chi connectivity index (χ2n) is 7.81. The van der Waals surface area contributed by atoms with E-state index in [4.69, 9.17) is 0 Å². The van der Waals surface area contributed by atoms with E-state index in [9.17, 15) is 19.8 Å². The summed E-state index contributed by atoms with van der Waals surface area (Å²) in [4.78, 5) is 23.4. The molecule has 0 fully saturated rings. The molecular weight excluding hydrogens is 268 g/mol. The Labute approximate surface area is 128 Å². The van der Waals surface area contributed by atoms with E-state index in [1.807, 2.05) is 60.6 Å². The minimum absolute atomic E-state index is 0.412. The van der Waals surface area contributed by atoms with Crippen LogP contribution in [0, 0.1) is 28.1 Å². The van der Waals surface area contributed by atoms with Gasteiger partial charge >= 0.3 is 11.9 Å². The van der Waals surface area contributed by atoms with Crippen LogP contribution >= 0.6 is 0 Å². The lowest BCUT2D eigenvalue weighted by molar-refractivity contribution is -0.168. The van der Waals surface area contributed by atoms with E-state index in [1.54, 1.807) is 0 Å². The Morgan fingerprint density at radius 3 is 1.48 bits per heavy atom. The highest BCUT2D eigenvalue weighted by molar-refractivity contribution is 5.81. The Hall–Kier alpha value is -1.32. The highest BCUT2D eigenvalue weighted by atomic mass is 16.4. The standard InChI is InChI=1S/C17H30O4/c1-9-10-17(15(3,4)5,16(6,7)8)12(14(20)21)11(2)13(18)19/h9-12H,1-8H3,(H,18,19)(H,20,21). The molecule has 0 aliphatic heterocycles. The third-order valence-corrected chi connectivity index (χ3v) is 4.56. The molecule has 4 nitrogen and oxygen atoms in total. The summed E-state index contributed by atoms with van der Waals surface area (Å²) in [6, 6.07) is 0. The second kappa shape index (κ2) is 6.20. The van der Waals surface area contributed by atoms with Crippen LogP contribution in [0.5, 0.6) is 0 Å². The van der Waals surface area contributed by atoms with Gasteiger partial charge in [0.05, 0.1) is 11.8 Å². The van der Waals surface area contributed by atoms with Crippen LogP contribution in [0.25, 0.3) is 0 Å². The van der Waals surface area contributed by atoms with E-state index in [0.29, 0.717) is 0 Å². The number of carbonyl (C=O) groups is 2. The van der Waals surface area contributed by atoms with Gasteiger partial charge in [-0.2, -0.15) is 0 Å². The number of rotatable bonds is 5. The summed E-state index contributed by atoms with van der Waals surface area (Å²) in [6.07, 6.45) is 3.73. The molecule has 2 N–H and O–H groups in total. The van der Waals surface area contributed by atoms with Gasteiger partial charge in [0.25, 0.3) is 0 Å². The van der Waals surface area contributed by atoms with Crippen molar-refractivity contribution in [3.63, 3.8) is 0 Å². The molecule has 0 spiro atoms. The van der Waals surface area contributed by atoms with Crippen LogP contribution in [0.3, 0.4) is 0 Å². The van der Waals surface area contributed by atoms with Crippen LogP contribution in [-0.4, -0.2) is 22.2 Å². The zero-order chi connectivity index (χ0) is 17.2. The van der Waals surface area contributed by atoms with Crippen molar-refractivity contribution in [1.82, 2.24) is 0 Å². The highest BCUT2D eigenvalue weighted by Gasteiger charge is 2.58. The topological polar surface area (TPSA) is 74.6 Å². The summed E-state index contributed by atoms with van der Waals surface area (Å²) < 4.78 is 0. The third kappa shape index (κ3) is 3.47. The van der Waals surface area contributed by atoms with Gasteiger partial charge in [0.1, 0.15) is 0 Å². The number of carboxylic acid groups (broad SMARTS) is 2. The number of hydrogen-bond acceptors (Lipinski definition) is 2. The summed E-state index contributed by atoms with van der Waals surface area (Å²) >= 11 is 0. The molecule has 0 aliphatic rings. The van der Waals surface area contributed by atoms with Crippen LogP contribution in [0.15, 0.2) is 12.2 Å². The van der Waals surface area contributed by atoms with Gasteiger partial charge in [0, 0.05) is 5.41 Å². The first-order chi connectivity index (χ1) is 9.24. The molecule has 0 radical (unpaired) electrons. The lowest BCUT2D eigenvalue weighted by Gasteiger charge is -2.56. The minimum Gasteiger partial charge on any atom is -0.481 e. The van der Waals surface area contributed by atoms with Gasteiger partial charge in [-0.15, -0.1) is 0 Å². The molecule has 0 saturated carbocycles. The van der Waals surface area contributed by atoms with Gasteiger partial charge in [-0.3, -0.25) is 9.59 Å². The normalized spacial score (nSPS) is 16.8. The number of aliphatic carboxylic acids is 2. The largest absolute Gasteiger partial charge is 0.481 e. The van der Waals surface area contributed by atoms with Crippen LogP contribution in [0.2, 0.25) is 0 Å². The summed E-state index contributed by atoms with van der Waals surface area (Å²) in [5.74, 6) is -4.12. The molecule has 0 amide bonds. The minimum atomic E-state index is -1.08. The highest BCUT2D eigenvalue weighted by Crippen LogP contribution is 2.59. The zero-order valence-corrected chi connectivity index (χ0v) is 14.5. The van der Waals surface area contributed by atoms with E-state index in [-0.39, 0.29) is 0 Å². The first kappa shape index (κ1) is 19.7. The molecule has 122 valence electrons. The van der Waals surface area contributed by atoms with Gasteiger partial charge in [-0.25, -0.2) is 0 Å². The lowest BCUT2D eigenvalue weighted by atomic mass is 9.47. The smallest absolute Gasteiger partial charge is 0.308 e. The van der Waals surface area contributed by atoms with Crippen LogP contribution < -0.4 is 0 Å². The van der Waals surface area contributed by atoms with E-state index in [2.05, 4.69) is 0 Å². The predicted molar refractivity (Wildman–Crippen MR) is 84.1 cm³/mol. The molecular formula is C17H30O4. The van der Waals surface area contributed by atoms with Gasteiger partial charge < -0.3 is 10.2 Å². The average Bonchev–Trinajstić information content (AvgIpc) is 2.23. The van der Waals surface area contributed by atoms with Crippen molar-refractivity contribution in [2.45, 2.75) is 55.4 Å². The van der Waals surface area contributed by atoms with Crippen molar-refractivity contribution in [3.8, 4) is 0 Å². The molecule has 0 saturated heterocycles. The molecule has 21 heavy (non-hydrogen) atoms. The summed E-state index contributed by atoms with van der Waals surface area (Å²) in [5, 5.41) is 19.2. The fourth-order valence-corrected chi connectivity index (χ4v) is 3.87. The van der Waals surface area contributed by atoms with Crippen LogP contribution in [0.1, 0.15) is 55.4 Å². The molecule has 4 heteroatoms. The first-order valence-corrected chi connectivity index (χ1v) is 7.33. The Morgan fingerprint density at radius 1 is 0.905 bits per heavy atom. The lowest BCUT2D eigenvalue weighted by Crippen LogP contribution is -2.55. The van der Waals surface area contributed by atoms with Crippen molar-refractivity contribution in [2.24, 2.45) is 28.1 Å². The Balaban J connectivity index is 6.59. The second-order valence-corrected chi connectivity index (χ2v) is 7.81. The van der Waals surface area contributed by atoms with Crippen molar-refractivity contribution in [3.05, 3.63) is 12.2 Å². The van der Waals surface area contributed by atoms with Crippen molar-refractivity contribution < 1.29 is 19.8 Å². The molecule has 0 rings (SSSR count). The van der Waals surface area contributed by atoms with Gasteiger partial charge in [0.15, 0.2) is 0 Å². The molecule has 2 atom stereocenters. The third-order valence-electron chi connectivity index (χ3n) is 4.56. The summed E-state index contributed by atoms with van der Waals surface area (Å²) in [7, 11) is 0. The monoisotopic (exact) mass is 298 g/mol. The first-order valence-electron chi connectivity index (χ1n) is 7.33. The fourth-order valence-electron chi connectivity index (χ4n) is 3.87. The van der Waals surface area contributed by atoms with E-state index < -0.39 is 40.0 Å². The molecule has 0 aromatic carbocycles. The molecule has 0 aromatic rings. The van der Waals surface area contributed by atoms with Gasteiger partial charge in [-0.05, 0) is 17.8 Å². The number of hydrogen-bond donors (Lipinski definition) is 2. The average molecular weight is 298 g/mol. The van der Waals surface area contributed by atoms with Crippen LogP contribution in [-0.2, 0) is 9.59 Å². The van der Waals surface area contributed by atoms with Crippen molar-refractivity contribution >= 4 is 11.9 Å². The van der Waals surface area contributed by atoms with Gasteiger partial charge in [-0.1, -0.05) is 60.6 Å². The van der Waals surface area contributed by atoms with Crippen molar-refractivity contribution in [1.29, 1.82) is 0 Å². The quantitative estimate of drug-likeness (QED) is 0.750. The summed E-state index contributed by atoms with van der Waals surface area (Å²) in [6.45, 7) is 15.2. The SMILES string of the molecule is CC=CC(C(C(=O)O)C(C)C(=O)O)(C(C)(C)C)C(C)(C)C. The summed E-state index contributed by atoms with van der Waals surface area (Å²) in [5.41, 5.74) is -1.62. The predicted octanol–water partition coefficient (Wildman–Crippen LogP) is 4.06. The fraction of sp³-hybridized carbons (Fsp3) is 0.765. The zero-order valence-electron chi connectivity index (χ0n) is 14.5. The Morgan fingerprint density at radius 2 is 1.29 bits per heavy atom. The molecule has 2 unspecified atom stereocenters. The van der Waals surface area contributed by atoms with E-state index in [0.717, 1.165) is 0 Å². The molecule has 0 aliphatic carbocycles. The Bertz CT molecular complexity index is 407. The van der Waals surface area contributed by atoms with Crippen molar-refractivity contribution in [2.75, 3.05) is 0 Å². The maximum Gasteiger partial charge on any atom is 0.308 e. The maximum absolute atomic E-state index is 12.0. The number of carboxylic acids is 2. The van der Waals surface area contributed by atoms with Gasteiger partial charge in [0.2, 0.25) is 0 Å². The molecule has 0 bridgehead atoms. The van der Waals surface area contributed by atoms with E-state index >= 15 is 0 Å². The molecule has 0 heterocycles. The van der Waals surface area contributed by atoms with Crippen LogP contribution in [0.4, 0.5) is 0 Å².